The molecular weight excluding hydrogens is 406 g/mol. The van der Waals surface area contributed by atoms with E-state index in [0.29, 0.717) is 12.1 Å². The lowest BCUT2D eigenvalue weighted by molar-refractivity contribution is -0.384. The molecule has 0 saturated carbocycles. The fourth-order valence-electron chi connectivity index (χ4n) is 2.39. The maximum atomic E-state index is 13.4. The summed E-state index contributed by atoms with van der Waals surface area (Å²) in [6.45, 7) is -0.401. The molecule has 0 saturated heterocycles. The Kier molecular flexibility index (Phi) is 6.06. The van der Waals surface area contributed by atoms with Crippen molar-refractivity contribution in [2.75, 3.05) is 13.6 Å². The second-order valence-corrected chi connectivity index (χ2v) is 7.92. The summed E-state index contributed by atoms with van der Waals surface area (Å²) in [6.07, 6.45) is -4.92. The van der Waals surface area contributed by atoms with Crippen molar-refractivity contribution in [2.24, 2.45) is 5.73 Å². The fourth-order valence-corrected chi connectivity index (χ4v) is 3.59. The van der Waals surface area contributed by atoms with Crippen molar-refractivity contribution >= 4 is 15.7 Å². The molecule has 7 nitrogen and oxygen atoms in total. The zero-order chi connectivity index (χ0) is 21.3. The molecule has 2 N–H and O–H groups in total. The van der Waals surface area contributed by atoms with E-state index in [1.54, 1.807) is 0 Å². The van der Waals surface area contributed by atoms with Gasteiger partial charge in [0, 0.05) is 31.8 Å². The number of halogens is 4. The summed E-state index contributed by atoms with van der Waals surface area (Å²) in [5.41, 5.74) is 3.91. The Hall–Kier alpha value is -2.57. The van der Waals surface area contributed by atoms with Crippen molar-refractivity contribution in [3.8, 4) is 0 Å². The summed E-state index contributed by atoms with van der Waals surface area (Å²) >= 11 is 0. The van der Waals surface area contributed by atoms with Gasteiger partial charge >= 0.3 is 6.18 Å². The number of likely N-dealkylation sites (N-methyl/N-ethyl adjacent to an activating group) is 1. The van der Waals surface area contributed by atoms with Crippen LogP contribution in [0.15, 0.2) is 47.4 Å². The predicted molar refractivity (Wildman–Crippen MR) is 91.2 cm³/mol. The monoisotopic (exact) mass is 421 g/mol. The number of nitro groups is 1. The summed E-state index contributed by atoms with van der Waals surface area (Å²) in [5, 5.41) is 10.6. The number of nitrogens with two attached hydrogens (primary N) is 1. The first kappa shape index (κ1) is 21.7. The molecule has 0 bridgehead atoms. The molecule has 0 unspecified atom stereocenters. The molecule has 28 heavy (non-hydrogen) atoms. The smallest absolute Gasteiger partial charge is 0.323 e. The van der Waals surface area contributed by atoms with Crippen LogP contribution >= 0.6 is 0 Å². The quantitative estimate of drug-likeness (QED) is 0.438. The van der Waals surface area contributed by atoms with Crippen LogP contribution in [0, 0.1) is 15.9 Å². The molecule has 0 aliphatic heterocycles. The standard InChI is InChI=1S/C16H15F4N3O4S/c1-22(28(26,27)12-5-3-11(4-6-12)23(24)25)9-15(21)10-2-7-14(17)13(8-10)16(18,19)20/h2-8,15H,9,21H2,1H3/t15-/m1/s1. The molecule has 0 radical (unpaired) electrons. The molecule has 0 aliphatic rings. The topological polar surface area (TPSA) is 107 Å². The number of rotatable bonds is 6. The summed E-state index contributed by atoms with van der Waals surface area (Å²) < 4.78 is 77.7. The molecule has 2 aromatic carbocycles. The van der Waals surface area contributed by atoms with E-state index in [9.17, 15) is 36.1 Å². The molecular formula is C16H15F4N3O4S. The van der Waals surface area contributed by atoms with E-state index in [4.69, 9.17) is 5.73 Å². The highest BCUT2D eigenvalue weighted by Gasteiger charge is 2.35. The Morgan fingerprint density at radius 1 is 1.18 bits per heavy atom. The third-order valence-corrected chi connectivity index (χ3v) is 5.77. The van der Waals surface area contributed by atoms with Crippen LogP contribution in [0.2, 0.25) is 0 Å². The lowest BCUT2D eigenvalue weighted by atomic mass is 10.0. The average molecular weight is 421 g/mol. The van der Waals surface area contributed by atoms with E-state index in [1.165, 1.54) is 0 Å². The van der Waals surface area contributed by atoms with Gasteiger partial charge in [0.15, 0.2) is 0 Å². The van der Waals surface area contributed by atoms with E-state index < -0.39 is 45.1 Å². The first-order valence-electron chi connectivity index (χ1n) is 7.67. The summed E-state index contributed by atoms with van der Waals surface area (Å²) in [5.74, 6) is -1.46. The summed E-state index contributed by atoms with van der Waals surface area (Å²) in [6, 6.07) is 5.12. The molecule has 1 atom stereocenters. The van der Waals surface area contributed by atoms with Gasteiger partial charge in [0.05, 0.1) is 15.4 Å². The molecule has 152 valence electrons. The van der Waals surface area contributed by atoms with Gasteiger partial charge in [-0.25, -0.2) is 12.8 Å². The molecule has 12 heteroatoms. The normalized spacial score (nSPS) is 13.5. The molecule has 0 spiro atoms. The minimum Gasteiger partial charge on any atom is -0.323 e. The maximum Gasteiger partial charge on any atom is 0.419 e. The van der Waals surface area contributed by atoms with E-state index in [-0.39, 0.29) is 16.1 Å². The van der Waals surface area contributed by atoms with Gasteiger partial charge in [-0.2, -0.15) is 17.5 Å². The highest BCUT2D eigenvalue weighted by molar-refractivity contribution is 7.89. The van der Waals surface area contributed by atoms with Crippen LogP contribution < -0.4 is 5.73 Å². The highest BCUT2D eigenvalue weighted by atomic mass is 32.2. The summed E-state index contributed by atoms with van der Waals surface area (Å²) in [7, 11) is -2.94. The number of alkyl halides is 3. The van der Waals surface area contributed by atoms with E-state index in [0.717, 1.165) is 41.7 Å². The van der Waals surface area contributed by atoms with Crippen LogP contribution in [0.1, 0.15) is 17.2 Å². The van der Waals surface area contributed by atoms with Crippen molar-refractivity contribution in [1.82, 2.24) is 4.31 Å². The first-order chi connectivity index (χ1) is 12.8. The van der Waals surface area contributed by atoms with Gasteiger partial charge in [0.2, 0.25) is 10.0 Å². The van der Waals surface area contributed by atoms with Crippen molar-refractivity contribution < 1.29 is 30.9 Å². The average Bonchev–Trinajstić information content (AvgIpc) is 2.60. The number of nitrogens with zero attached hydrogens (tertiary/aromatic N) is 2. The fraction of sp³-hybridized carbons (Fsp3) is 0.250. The number of non-ortho nitro benzene ring substituents is 1. The highest BCUT2D eigenvalue weighted by Crippen LogP contribution is 2.33. The minimum absolute atomic E-state index is 0.0977. The molecule has 0 heterocycles. The van der Waals surface area contributed by atoms with E-state index in [1.807, 2.05) is 0 Å². The molecule has 0 fully saturated rings. The number of hydrogen-bond acceptors (Lipinski definition) is 5. The van der Waals surface area contributed by atoms with Crippen LogP contribution in [0.3, 0.4) is 0 Å². The Balaban J connectivity index is 2.23. The van der Waals surface area contributed by atoms with Gasteiger partial charge in [-0.05, 0) is 29.8 Å². The number of hydrogen-bond donors (Lipinski definition) is 1. The van der Waals surface area contributed by atoms with Gasteiger partial charge in [-0.1, -0.05) is 6.07 Å². The van der Waals surface area contributed by atoms with E-state index in [2.05, 4.69) is 0 Å². The molecule has 0 amide bonds. The lowest BCUT2D eigenvalue weighted by Crippen LogP contribution is -2.34. The van der Waals surface area contributed by atoms with Crippen LogP contribution in [-0.4, -0.2) is 31.2 Å². The van der Waals surface area contributed by atoms with Gasteiger partial charge in [-0.15, -0.1) is 0 Å². The molecule has 0 aromatic heterocycles. The van der Waals surface area contributed by atoms with Crippen molar-refractivity contribution in [2.45, 2.75) is 17.1 Å². The van der Waals surface area contributed by atoms with Crippen molar-refractivity contribution in [3.05, 3.63) is 69.5 Å². The number of sulfonamides is 1. The third kappa shape index (κ3) is 4.64. The number of benzene rings is 2. The lowest BCUT2D eigenvalue weighted by Gasteiger charge is -2.22. The molecule has 0 aliphatic carbocycles. The largest absolute Gasteiger partial charge is 0.419 e. The van der Waals surface area contributed by atoms with Crippen LogP contribution in [0.5, 0.6) is 0 Å². The maximum absolute atomic E-state index is 13.4. The van der Waals surface area contributed by atoms with Gasteiger partial charge < -0.3 is 5.73 Å². The van der Waals surface area contributed by atoms with Gasteiger partial charge in [-0.3, -0.25) is 10.1 Å². The first-order valence-corrected chi connectivity index (χ1v) is 9.11. The Morgan fingerprint density at radius 2 is 1.75 bits per heavy atom. The third-order valence-electron chi connectivity index (χ3n) is 3.93. The molecule has 2 aromatic rings. The predicted octanol–water partition coefficient (Wildman–Crippen LogP) is 3.07. The zero-order valence-electron chi connectivity index (χ0n) is 14.4. The molecule has 2 rings (SSSR count). The zero-order valence-corrected chi connectivity index (χ0v) is 15.2. The Morgan fingerprint density at radius 3 is 2.25 bits per heavy atom. The second-order valence-electron chi connectivity index (χ2n) is 5.88. The number of nitro benzene ring substituents is 1. The van der Waals surface area contributed by atoms with E-state index >= 15 is 0 Å². The van der Waals surface area contributed by atoms with Crippen LogP contribution in [0.25, 0.3) is 0 Å². The van der Waals surface area contributed by atoms with Crippen LogP contribution in [-0.2, 0) is 16.2 Å². The van der Waals surface area contributed by atoms with Crippen LogP contribution in [0.4, 0.5) is 23.2 Å². The minimum atomic E-state index is -4.92. The summed E-state index contributed by atoms with van der Waals surface area (Å²) in [4.78, 5) is 9.70. The van der Waals surface area contributed by atoms with Crippen molar-refractivity contribution in [3.63, 3.8) is 0 Å². The van der Waals surface area contributed by atoms with Gasteiger partial charge in [0.1, 0.15) is 5.82 Å². The Labute approximate surface area is 157 Å². The van der Waals surface area contributed by atoms with Crippen molar-refractivity contribution in [1.29, 1.82) is 0 Å². The Bertz CT molecular complexity index is 978. The second kappa shape index (κ2) is 7.81. The van der Waals surface area contributed by atoms with Gasteiger partial charge in [0.25, 0.3) is 5.69 Å². The SMILES string of the molecule is CN(C[C@@H](N)c1ccc(F)c(C(F)(F)F)c1)S(=O)(=O)c1ccc([N+](=O)[O-])cc1.